The minimum absolute atomic E-state index is 0.135. The number of ether oxygens (including phenoxy) is 9. The van der Waals surface area contributed by atoms with E-state index in [9.17, 15) is 9.59 Å². The standard InChI is InChI=1S/C31H32N4O5.C23H26N4O3.C22H24N4O3/c1-20-4-8-26(9-5-20)40-31(36)34-27-16-21(2)28(35-29(27)23-12-14-38-15-13-23)24-17-32-30(33-18-24)39-19-22-6-10-25(37-3)11-7-22;1-15-11-20(24)22(17-7-9-29-10-8-17)27-21(15)18-12-25-23(26-13-18)30-14-16-3-5-19(28-2)6-4-16;1-14-3-5-18(6-4-14)29-22(27)25-19-11-15(2)20(17-12-23-24-13-17)26-21(19)16-7-9-28-10-8-16/h4-11,16-18,23H,12-15,19H2,1-3H3,(H,34,36);3-6,11-13,17H,7-10,14,24H2,1-2H3;3-6,11-13,16H,7-10H2,1-2H3,(H,23,24)(H,25,27). The summed E-state index contributed by atoms with van der Waals surface area (Å²) in [5, 5.41) is 12.7. The normalized spacial score (nSPS) is 14.1. The summed E-state index contributed by atoms with van der Waals surface area (Å²) in [6, 6.07) is 36.5. The first kappa shape index (κ1) is 69.5. The number of nitrogens with two attached hydrogens (primary N) is 1. The van der Waals surface area contributed by atoms with E-state index in [2.05, 4.69) is 40.8 Å². The van der Waals surface area contributed by atoms with Crippen molar-refractivity contribution in [2.45, 2.75) is 104 Å². The van der Waals surface area contributed by atoms with Gasteiger partial charge in [-0.1, -0.05) is 59.7 Å². The van der Waals surface area contributed by atoms with Crippen LogP contribution in [0.5, 0.6) is 35.0 Å². The molecule has 0 atom stereocenters. The number of hydrogen-bond acceptors (Lipinski definition) is 20. The highest BCUT2D eigenvalue weighted by atomic mass is 16.6. The molecule has 99 heavy (non-hydrogen) atoms. The smallest absolute Gasteiger partial charge is 0.417 e. The number of pyridine rings is 3. The van der Waals surface area contributed by atoms with Crippen molar-refractivity contribution in [3.05, 3.63) is 208 Å². The van der Waals surface area contributed by atoms with Crippen LogP contribution < -0.4 is 44.8 Å². The van der Waals surface area contributed by atoms with Crippen molar-refractivity contribution in [2.75, 3.05) is 70.2 Å². The third-order valence-electron chi connectivity index (χ3n) is 17.1. The quantitative estimate of drug-likeness (QED) is 0.0621. The van der Waals surface area contributed by atoms with Gasteiger partial charge >= 0.3 is 24.2 Å². The summed E-state index contributed by atoms with van der Waals surface area (Å²) < 4.78 is 49.3. The third-order valence-corrected chi connectivity index (χ3v) is 17.1. The monoisotopic (exact) mass is 1340 g/mol. The zero-order valence-electron chi connectivity index (χ0n) is 56.7. The lowest BCUT2D eigenvalue weighted by atomic mass is 9.93. The molecule has 0 radical (unpaired) electrons. The predicted octanol–water partition coefficient (Wildman–Crippen LogP) is 14.8. The molecule has 6 aromatic heterocycles. The first-order valence-electron chi connectivity index (χ1n) is 33.0. The molecule has 4 aromatic carbocycles. The maximum absolute atomic E-state index is 12.8. The van der Waals surface area contributed by atoms with Crippen molar-refractivity contribution in [3.63, 3.8) is 0 Å². The van der Waals surface area contributed by atoms with Crippen molar-refractivity contribution in [3.8, 4) is 68.8 Å². The number of nitrogens with zero attached hydrogens (tertiary/aromatic N) is 8. The maximum atomic E-state index is 12.8. The number of aromatic nitrogens is 9. The van der Waals surface area contributed by atoms with E-state index in [1.54, 1.807) is 69.5 Å². The molecule has 2 amide bonds. The summed E-state index contributed by atoms with van der Waals surface area (Å²) in [5.41, 5.74) is 22.9. The highest BCUT2D eigenvalue weighted by Gasteiger charge is 2.27. The topological polar surface area (TPSA) is 286 Å². The molecule has 23 heteroatoms. The molecule has 5 N–H and O–H groups in total. The largest absolute Gasteiger partial charge is 0.497 e. The van der Waals surface area contributed by atoms with Crippen LogP contribution in [0.25, 0.3) is 33.8 Å². The van der Waals surface area contributed by atoms with Gasteiger partial charge in [0, 0.05) is 105 Å². The molecular formula is C76H82N12O11. The van der Waals surface area contributed by atoms with Crippen LogP contribution >= 0.6 is 0 Å². The molecule has 0 aliphatic carbocycles. The van der Waals surface area contributed by atoms with Crippen LogP contribution in [0.1, 0.15) is 112 Å². The number of methoxy groups -OCH3 is 2. The Morgan fingerprint density at radius 3 is 1.19 bits per heavy atom. The molecule has 3 saturated heterocycles. The number of hydrogen-bond donors (Lipinski definition) is 4. The second-order valence-electron chi connectivity index (χ2n) is 24.4. The average molecular weight is 1340 g/mol. The fourth-order valence-corrected chi connectivity index (χ4v) is 11.7. The van der Waals surface area contributed by atoms with Gasteiger partial charge < -0.3 is 48.4 Å². The number of nitrogen functional groups attached to an aromatic ring is 1. The molecule has 3 aliphatic rings. The van der Waals surface area contributed by atoms with Crippen LogP contribution in [0.2, 0.25) is 0 Å². The second-order valence-corrected chi connectivity index (χ2v) is 24.4. The van der Waals surface area contributed by atoms with E-state index in [-0.39, 0.29) is 17.8 Å². The molecule has 9 heterocycles. The molecule has 0 unspecified atom stereocenters. The Hall–Kier alpha value is -10.9. The van der Waals surface area contributed by atoms with Gasteiger partial charge in [-0.2, -0.15) is 5.10 Å². The molecule has 0 bridgehead atoms. The van der Waals surface area contributed by atoms with Gasteiger partial charge in [-0.25, -0.2) is 44.5 Å². The number of carbonyl (C=O) groups excluding carboxylic acids is 2. The van der Waals surface area contributed by atoms with Gasteiger partial charge in [-0.05, 0) is 168 Å². The summed E-state index contributed by atoms with van der Waals surface area (Å²) in [6.45, 7) is 14.8. The first-order chi connectivity index (χ1) is 48.2. The number of aryl methyl sites for hydroxylation is 5. The minimum Gasteiger partial charge on any atom is -0.497 e. The molecule has 0 saturated carbocycles. The van der Waals surface area contributed by atoms with Crippen LogP contribution in [0.3, 0.4) is 0 Å². The van der Waals surface area contributed by atoms with Gasteiger partial charge in [0.25, 0.3) is 0 Å². The average Bonchev–Trinajstić information content (AvgIpc) is 1.27. The van der Waals surface area contributed by atoms with Crippen molar-refractivity contribution >= 4 is 29.2 Å². The Morgan fingerprint density at radius 2 is 0.818 bits per heavy atom. The number of carbonyl (C=O) groups is 2. The Bertz CT molecular complexity index is 4260. The predicted molar refractivity (Wildman–Crippen MR) is 376 cm³/mol. The van der Waals surface area contributed by atoms with Crippen LogP contribution in [0, 0.1) is 34.6 Å². The second kappa shape index (κ2) is 33.9. The van der Waals surface area contributed by atoms with Crippen LogP contribution in [-0.4, -0.2) is 111 Å². The van der Waals surface area contributed by atoms with E-state index in [1.165, 1.54) is 0 Å². The first-order valence-corrected chi connectivity index (χ1v) is 33.0. The molecule has 13 rings (SSSR count). The third kappa shape index (κ3) is 19.0. The lowest BCUT2D eigenvalue weighted by Gasteiger charge is -2.25. The zero-order valence-corrected chi connectivity index (χ0v) is 56.7. The van der Waals surface area contributed by atoms with Crippen molar-refractivity contribution in [1.82, 2.24) is 45.1 Å². The Morgan fingerprint density at radius 1 is 0.465 bits per heavy atom. The number of amides is 2. The fraction of sp³-hybridized carbons (Fsp3) is 0.316. The molecule has 3 aliphatic heterocycles. The lowest BCUT2D eigenvalue weighted by molar-refractivity contribution is 0.0845. The number of rotatable bonds is 18. The molecule has 23 nitrogen and oxygen atoms in total. The van der Waals surface area contributed by atoms with Crippen molar-refractivity contribution in [2.24, 2.45) is 0 Å². The molecule has 0 spiro atoms. The maximum Gasteiger partial charge on any atom is 0.417 e. The van der Waals surface area contributed by atoms with E-state index in [0.29, 0.717) is 74.4 Å². The van der Waals surface area contributed by atoms with Gasteiger partial charge in [0.2, 0.25) is 0 Å². The molecule has 512 valence electrons. The Kier molecular flexibility index (Phi) is 23.8. The van der Waals surface area contributed by atoms with E-state index in [4.69, 9.17) is 63.3 Å². The Balaban J connectivity index is 0.000000153. The van der Waals surface area contributed by atoms with E-state index < -0.39 is 12.2 Å². The fourth-order valence-electron chi connectivity index (χ4n) is 11.7. The highest BCUT2D eigenvalue weighted by Crippen LogP contribution is 2.38. The summed E-state index contributed by atoms with van der Waals surface area (Å²) >= 11 is 0. The molecule has 3 fully saturated rings. The van der Waals surface area contributed by atoms with E-state index in [0.717, 1.165) is 159 Å². The molecule has 10 aromatic rings. The van der Waals surface area contributed by atoms with Crippen LogP contribution in [0.15, 0.2) is 152 Å². The van der Waals surface area contributed by atoms with Crippen molar-refractivity contribution in [1.29, 1.82) is 0 Å². The van der Waals surface area contributed by atoms with Gasteiger partial charge in [0.05, 0.1) is 71.6 Å². The van der Waals surface area contributed by atoms with E-state index >= 15 is 0 Å². The van der Waals surface area contributed by atoms with Gasteiger partial charge in [-0.3, -0.25) is 15.7 Å². The SMILES string of the molecule is COc1ccc(COc2ncc(-c3nc(C4CCOCC4)c(N)cc3C)cn2)cc1.COc1ccc(COc2ncc(-c3nc(C4CCOCC4)c(NC(=O)Oc4ccc(C)cc4)cc3C)cn2)cc1.Cc1ccc(OC(=O)Nc2cc(C)c(-c3cn[nH]c3)nc2C2CCOCC2)cc1. The summed E-state index contributed by atoms with van der Waals surface area (Å²) in [4.78, 5) is 57.7. The summed E-state index contributed by atoms with van der Waals surface area (Å²) in [5.74, 6) is 3.25. The zero-order chi connectivity index (χ0) is 69.0. The number of aromatic amines is 1. The molecular weight excluding hydrogens is 1260 g/mol. The number of H-pyrrole nitrogens is 1. The highest BCUT2D eigenvalue weighted by molar-refractivity contribution is 5.89. The van der Waals surface area contributed by atoms with Crippen molar-refractivity contribution < 1.29 is 52.2 Å². The van der Waals surface area contributed by atoms with Gasteiger partial charge in [0.1, 0.15) is 36.2 Å². The number of nitrogens with one attached hydrogen (secondary N) is 3. The van der Waals surface area contributed by atoms with Gasteiger partial charge in [0.15, 0.2) is 0 Å². The van der Waals surface area contributed by atoms with Gasteiger partial charge in [-0.15, -0.1) is 0 Å². The number of anilines is 3. The lowest BCUT2D eigenvalue weighted by Crippen LogP contribution is -2.22. The Labute approximate surface area is 575 Å². The van der Waals surface area contributed by atoms with Crippen LogP contribution in [0.4, 0.5) is 26.7 Å². The minimum atomic E-state index is -0.562. The van der Waals surface area contributed by atoms with Crippen LogP contribution in [-0.2, 0) is 27.4 Å². The van der Waals surface area contributed by atoms with E-state index in [1.807, 2.05) is 132 Å². The summed E-state index contributed by atoms with van der Waals surface area (Å²) in [7, 11) is 3.28. The number of benzene rings is 4. The summed E-state index contributed by atoms with van der Waals surface area (Å²) in [6.07, 6.45) is 14.6.